The molecular weight excluding hydrogens is 235 g/mol. The van der Waals surface area contributed by atoms with E-state index >= 15 is 0 Å². The summed E-state index contributed by atoms with van der Waals surface area (Å²) < 4.78 is 13.5. The van der Waals surface area contributed by atoms with Crippen LogP contribution in [0.1, 0.15) is 26.2 Å². The quantitative estimate of drug-likeness (QED) is 0.609. The Hall–Kier alpha value is -1.65. The van der Waals surface area contributed by atoms with Crippen molar-refractivity contribution in [3.8, 4) is 0 Å². The van der Waals surface area contributed by atoms with Crippen LogP contribution in [0.15, 0.2) is 18.2 Å². The van der Waals surface area contributed by atoms with Gasteiger partial charge in [-0.05, 0) is 30.9 Å². The Morgan fingerprint density at radius 3 is 3.00 bits per heavy atom. The summed E-state index contributed by atoms with van der Waals surface area (Å²) in [5, 5.41) is 10.9. The van der Waals surface area contributed by atoms with Gasteiger partial charge in [0.25, 0.3) is 0 Å². The standard InChI is InChI=1S/C13H17FN2O2/c1-2-4-10-7-8-15(9-10)12-6-3-5-11(14)13(12)16(17)18/h3,5-6,10H,2,4,7-9H2,1H3. The average molecular weight is 252 g/mol. The molecule has 4 nitrogen and oxygen atoms in total. The molecule has 0 aromatic heterocycles. The highest BCUT2D eigenvalue weighted by atomic mass is 19.1. The lowest BCUT2D eigenvalue weighted by Crippen LogP contribution is -2.21. The van der Waals surface area contributed by atoms with Crippen LogP contribution in [-0.4, -0.2) is 18.0 Å². The summed E-state index contributed by atoms with van der Waals surface area (Å²) in [6.45, 7) is 3.69. The van der Waals surface area contributed by atoms with Gasteiger partial charge in [-0.25, -0.2) is 0 Å². The maximum atomic E-state index is 13.5. The number of hydrogen-bond donors (Lipinski definition) is 0. The molecule has 98 valence electrons. The number of benzene rings is 1. The van der Waals surface area contributed by atoms with Crippen LogP contribution in [0.2, 0.25) is 0 Å². The Morgan fingerprint density at radius 1 is 1.56 bits per heavy atom. The Kier molecular flexibility index (Phi) is 3.79. The maximum absolute atomic E-state index is 13.5. The van der Waals surface area contributed by atoms with Crippen molar-refractivity contribution in [1.82, 2.24) is 0 Å². The van der Waals surface area contributed by atoms with Gasteiger partial charge in [0.1, 0.15) is 5.69 Å². The van der Waals surface area contributed by atoms with Gasteiger partial charge >= 0.3 is 5.69 Å². The SMILES string of the molecule is CCCC1CCN(c2cccc(F)c2[N+](=O)[O-])C1. The molecule has 2 rings (SSSR count). The maximum Gasteiger partial charge on any atom is 0.327 e. The van der Waals surface area contributed by atoms with E-state index in [-0.39, 0.29) is 0 Å². The number of halogens is 1. The summed E-state index contributed by atoms with van der Waals surface area (Å²) >= 11 is 0. The molecule has 1 saturated heterocycles. The lowest BCUT2D eigenvalue weighted by Gasteiger charge is -2.18. The predicted molar refractivity (Wildman–Crippen MR) is 68.3 cm³/mol. The first-order chi connectivity index (χ1) is 8.63. The fourth-order valence-electron chi connectivity index (χ4n) is 2.64. The van der Waals surface area contributed by atoms with E-state index in [0.717, 1.165) is 38.4 Å². The van der Waals surface area contributed by atoms with Crippen LogP contribution in [-0.2, 0) is 0 Å². The molecule has 5 heteroatoms. The van der Waals surface area contributed by atoms with E-state index in [1.54, 1.807) is 6.07 Å². The van der Waals surface area contributed by atoms with Crippen LogP contribution in [0.5, 0.6) is 0 Å². The van der Waals surface area contributed by atoms with Crippen molar-refractivity contribution in [3.63, 3.8) is 0 Å². The van der Waals surface area contributed by atoms with Gasteiger partial charge in [0.05, 0.1) is 4.92 Å². The first-order valence-corrected chi connectivity index (χ1v) is 6.31. The zero-order valence-electron chi connectivity index (χ0n) is 10.4. The molecule has 0 aliphatic carbocycles. The second kappa shape index (κ2) is 5.33. The van der Waals surface area contributed by atoms with E-state index in [9.17, 15) is 14.5 Å². The van der Waals surface area contributed by atoms with E-state index in [0.29, 0.717) is 11.6 Å². The minimum atomic E-state index is -0.753. The number of nitrogens with zero attached hydrogens (tertiary/aromatic N) is 2. The number of anilines is 1. The molecule has 1 aliphatic heterocycles. The molecule has 1 unspecified atom stereocenters. The smallest absolute Gasteiger partial charge is 0.327 e. The van der Waals surface area contributed by atoms with Crippen LogP contribution < -0.4 is 4.90 Å². The molecule has 0 saturated carbocycles. The van der Waals surface area contributed by atoms with Crippen LogP contribution in [0.3, 0.4) is 0 Å². The van der Waals surface area contributed by atoms with Gasteiger partial charge in [0.2, 0.25) is 5.82 Å². The number of nitro groups is 1. The Morgan fingerprint density at radius 2 is 2.33 bits per heavy atom. The molecule has 1 aliphatic rings. The third kappa shape index (κ3) is 2.44. The Balaban J connectivity index is 2.24. The first-order valence-electron chi connectivity index (χ1n) is 6.31. The molecule has 18 heavy (non-hydrogen) atoms. The highest BCUT2D eigenvalue weighted by Gasteiger charge is 2.29. The normalized spacial score (nSPS) is 19.2. The van der Waals surface area contributed by atoms with Crippen molar-refractivity contribution >= 4 is 11.4 Å². The lowest BCUT2D eigenvalue weighted by molar-refractivity contribution is -0.386. The summed E-state index contributed by atoms with van der Waals surface area (Å²) in [6, 6.07) is 4.31. The largest absolute Gasteiger partial charge is 0.366 e. The zero-order chi connectivity index (χ0) is 13.1. The molecule has 1 aromatic carbocycles. The van der Waals surface area contributed by atoms with Crippen molar-refractivity contribution in [2.45, 2.75) is 26.2 Å². The minimum Gasteiger partial charge on any atom is -0.366 e. The van der Waals surface area contributed by atoms with Crippen molar-refractivity contribution in [3.05, 3.63) is 34.1 Å². The van der Waals surface area contributed by atoms with Gasteiger partial charge in [0.15, 0.2) is 0 Å². The van der Waals surface area contributed by atoms with E-state index in [4.69, 9.17) is 0 Å². The molecule has 0 amide bonds. The number of para-hydroxylation sites is 1. The third-order valence-corrected chi connectivity index (χ3v) is 3.47. The van der Waals surface area contributed by atoms with Crippen LogP contribution >= 0.6 is 0 Å². The highest BCUT2D eigenvalue weighted by Crippen LogP contribution is 2.34. The monoisotopic (exact) mass is 252 g/mol. The van der Waals surface area contributed by atoms with Crippen LogP contribution in [0.25, 0.3) is 0 Å². The number of hydrogen-bond acceptors (Lipinski definition) is 3. The topological polar surface area (TPSA) is 46.4 Å². The fraction of sp³-hybridized carbons (Fsp3) is 0.538. The van der Waals surface area contributed by atoms with Gasteiger partial charge in [-0.15, -0.1) is 0 Å². The second-order valence-corrected chi connectivity index (χ2v) is 4.75. The minimum absolute atomic E-state index is 0.394. The van der Waals surface area contributed by atoms with Crippen LogP contribution in [0.4, 0.5) is 15.8 Å². The summed E-state index contributed by atoms with van der Waals surface area (Å²) in [4.78, 5) is 12.3. The Bertz CT molecular complexity index is 451. The molecule has 0 radical (unpaired) electrons. The summed E-state index contributed by atoms with van der Waals surface area (Å²) in [7, 11) is 0. The molecular formula is C13H17FN2O2. The Labute approximate surface area is 106 Å². The van der Waals surface area contributed by atoms with Gasteiger partial charge in [-0.3, -0.25) is 10.1 Å². The second-order valence-electron chi connectivity index (χ2n) is 4.75. The molecule has 1 aromatic rings. The van der Waals surface area contributed by atoms with Crippen molar-refractivity contribution in [2.75, 3.05) is 18.0 Å². The highest BCUT2D eigenvalue weighted by molar-refractivity contribution is 5.64. The number of rotatable bonds is 4. The van der Waals surface area contributed by atoms with Gasteiger partial charge in [-0.2, -0.15) is 4.39 Å². The van der Waals surface area contributed by atoms with Crippen LogP contribution in [0, 0.1) is 21.8 Å². The van der Waals surface area contributed by atoms with Crippen molar-refractivity contribution in [1.29, 1.82) is 0 Å². The molecule has 1 atom stereocenters. The predicted octanol–water partition coefficient (Wildman–Crippen LogP) is 3.36. The molecule has 1 fully saturated rings. The fourth-order valence-corrected chi connectivity index (χ4v) is 2.64. The summed E-state index contributed by atoms with van der Waals surface area (Å²) in [6.07, 6.45) is 3.27. The van der Waals surface area contributed by atoms with E-state index in [1.165, 1.54) is 6.07 Å². The van der Waals surface area contributed by atoms with Gasteiger partial charge in [-0.1, -0.05) is 19.4 Å². The van der Waals surface area contributed by atoms with Gasteiger partial charge < -0.3 is 4.90 Å². The summed E-state index contributed by atoms with van der Waals surface area (Å²) in [5.41, 5.74) is 0.0215. The van der Waals surface area contributed by atoms with Gasteiger partial charge in [0, 0.05) is 13.1 Å². The molecule has 0 N–H and O–H groups in total. The number of nitro benzene ring substituents is 1. The molecule has 1 heterocycles. The van der Waals surface area contributed by atoms with E-state index < -0.39 is 16.4 Å². The van der Waals surface area contributed by atoms with E-state index in [2.05, 4.69) is 6.92 Å². The van der Waals surface area contributed by atoms with Crippen molar-refractivity contribution < 1.29 is 9.31 Å². The first kappa shape index (κ1) is 12.8. The zero-order valence-corrected chi connectivity index (χ0v) is 10.4. The summed E-state index contributed by atoms with van der Waals surface area (Å²) in [5.74, 6) is -0.186. The third-order valence-electron chi connectivity index (χ3n) is 3.47. The molecule has 0 spiro atoms. The lowest BCUT2D eigenvalue weighted by atomic mass is 10.0. The van der Waals surface area contributed by atoms with Crippen molar-refractivity contribution in [2.24, 2.45) is 5.92 Å². The average Bonchev–Trinajstić information content (AvgIpc) is 2.77. The molecule has 0 bridgehead atoms. The van der Waals surface area contributed by atoms with E-state index in [1.807, 2.05) is 4.90 Å².